The molecule has 3 rings (SSSR count). The van der Waals surface area contributed by atoms with Crippen molar-refractivity contribution >= 4 is 51.8 Å². The summed E-state index contributed by atoms with van der Waals surface area (Å²) in [5.74, 6) is -0.162. The number of hydrogen-bond acceptors (Lipinski definition) is 5. The van der Waals surface area contributed by atoms with Crippen LogP contribution in [0.4, 0.5) is 17.1 Å². The van der Waals surface area contributed by atoms with Crippen LogP contribution in [0.2, 0.25) is 10.0 Å². The number of nitrogens with two attached hydrogens (primary N) is 3. The first-order chi connectivity index (χ1) is 12.3. The van der Waals surface area contributed by atoms with E-state index in [9.17, 15) is 4.79 Å². The second kappa shape index (κ2) is 7.23. The van der Waals surface area contributed by atoms with Crippen LogP contribution in [-0.2, 0) is 11.2 Å². The molecule has 2 aromatic rings. The molecule has 0 aliphatic heterocycles. The normalized spacial score (nSPS) is 15.8. The van der Waals surface area contributed by atoms with Crippen LogP contribution >= 0.6 is 23.2 Å². The second-order valence-electron chi connectivity index (χ2n) is 5.87. The summed E-state index contributed by atoms with van der Waals surface area (Å²) in [5.41, 5.74) is 21.1. The summed E-state index contributed by atoms with van der Waals surface area (Å²) in [4.78, 5) is 16.8. The molecule has 0 saturated heterocycles. The van der Waals surface area contributed by atoms with Gasteiger partial charge >= 0.3 is 0 Å². The van der Waals surface area contributed by atoms with E-state index in [2.05, 4.69) is 4.99 Å². The molecule has 1 aliphatic carbocycles. The lowest BCUT2D eigenvalue weighted by molar-refractivity contribution is -0.111. The van der Waals surface area contributed by atoms with Crippen LogP contribution in [0.25, 0.3) is 0 Å². The average Bonchev–Trinajstić information content (AvgIpc) is 2.58. The highest BCUT2D eigenvalue weighted by molar-refractivity contribution is 6.33. The number of nitrogens with zero attached hydrogens (tertiary/aromatic N) is 1. The monoisotopic (exact) mass is 386 g/mol. The molecule has 0 saturated carbocycles. The number of aliphatic imine (C=N–C) groups is 1. The molecule has 0 unspecified atom stereocenters. The molecule has 0 fully saturated rings. The van der Waals surface area contributed by atoms with Gasteiger partial charge in [0.2, 0.25) is 0 Å². The van der Waals surface area contributed by atoms with Crippen LogP contribution < -0.4 is 17.2 Å². The fourth-order valence-corrected chi connectivity index (χ4v) is 2.87. The highest BCUT2D eigenvalue weighted by Gasteiger charge is 2.18. The first kappa shape index (κ1) is 18.0. The fourth-order valence-electron chi connectivity index (χ4n) is 2.49. The van der Waals surface area contributed by atoms with Crippen LogP contribution in [-0.4, -0.2) is 11.5 Å². The molecule has 0 amide bonds. The molecule has 2 aromatic carbocycles. The maximum absolute atomic E-state index is 12.3. The molecule has 0 spiro atoms. The van der Waals surface area contributed by atoms with E-state index in [0.29, 0.717) is 50.5 Å². The maximum atomic E-state index is 12.3. The molecule has 6 N–H and O–H groups in total. The van der Waals surface area contributed by atoms with Gasteiger partial charge in [0, 0.05) is 18.1 Å². The third-order valence-corrected chi connectivity index (χ3v) is 4.56. The zero-order valence-corrected chi connectivity index (χ0v) is 15.2. The van der Waals surface area contributed by atoms with Crippen molar-refractivity contribution in [2.45, 2.75) is 6.42 Å². The highest BCUT2D eigenvalue weighted by Crippen LogP contribution is 2.26. The lowest BCUT2D eigenvalue weighted by Crippen LogP contribution is -2.19. The summed E-state index contributed by atoms with van der Waals surface area (Å²) in [6.07, 6.45) is 3.43. The number of rotatable bonds is 3. The van der Waals surface area contributed by atoms with Crippen molar-refractivity contribution < 1.29 is 4.79 Å². The van der Waals surface area contributed by atoms with Gasteiger partial charge in [-0.1, -0.05) is 29.3 Å². The number of benzene rings is 2. The predicted molar refractivity (Wildman–Crippen MR) is 108 cm³/mol. The van der Waals surface area contributed by atoms with Gasteiger partial charge in [-0.05, 0) is 42.0 Å². The van der Waals surface area contributed by atoms with E-state index < -0.39 is 0 Å². The summed E-state index contributed by atoms with van der Waals surface area (Å²) >= 11 is 12.1. The van der Waals surface area contributed by atoms with Crippen molar-refractivity contribution in [3.63, 3.8) is 0 Å². The highest BCUT2D eigenvalue weighted by atomic mass is 35.5. The second-order valence-corrected chi connectivity index (χ2v) is 6.68. The van der Waals surface area contributed by atoms with Crippen LogP contribution in [0.15, 0.2) is 64.8 Å². The molecule has 0 bridgehead atoms. The van der Waals surface area contributed by atoms with E-state index in [4.69, 9.17) is 40.4 Å². The first-order valence-corrected chi connectivity index (χ1v) is 8.49. The maximum Gasteiger partial charge on any atom is 0.184 e. The molecule has 7 heteroatoms. The molecule has 0 atom stereocenters. The topological polar surface area (TPSA) is 107 Å². The Balaban J connectivity index is 1.93. The quantitative estimate of drug-likeness (QED) is 0.550. The molecule has 0 aromatic heterocycles. The average molecular weight is 387 g/mol. The first-order valence-electron chi connectivity index (χ1n) is 7.73. The predicted octanol–water partition coefficient (Wildman–Crippen LogP) is 3.82. The molecule has 0 radical (unpaired) electrons. The van der Waals surface area contributed by atoms with Crippen molar-refractivity contribution in [2.75, 3.05) is 11.5 Å². The fraction of sp³-hybridized carbons (Fsp3) is 0.0526. The van der Waals surface area contributed by atoms with E-state index in [1.54, 1.807) is 36.4 Å². The van der Waals surface area contributed by atoms with Gasteiger partial charge in [0.15, 0.2) is 5.78 Å². The smallest absolute Gasteiger partial charge is 0.184 e. The van der Waals surface area contributed by atoms with Crippen molar-refractivity contribution in [3.8, 4) is 0 Å². The van der Waals surface area contributed by atoms with Gasteiger partial charge in [-0.3, -0.25) is 4.79 Å². The van der Waals surface area contributed by atoms with Gasteiger partial charge < -0.3 is 17.2 Å². The number of hydrogen-bond donors (Lipinski definition) is 3. The summed E-state index contributed by atoms with van der Waals surface area (Å²) in [6, 6.07) is 10.3. The minimum atomic E-state index is -0.162. The number of ketones is 1. The summed E-state index contributed by atoms with van der Waals surface area (Å²) < 4.78 is 0. The van der Waals surface area contributed by atoms with E-state index in [1.807, 2.05) is 6.07 Å². The Labute approximate surface area is 160 Å². The lowest BCUT2D eigenvalue weighted by Gasteiger charge is -2.13. The zero-order chi connectivity index (χ0) is 18.8. The van der Waals surface area contributed by atoms with E-state index >= 15 is 0 Å². The molecular weight excluding hydrogens is 371 g/mol. The minimum Gasteiger partial charge on any atom is -0.398 e. The van der Waals surface area contributed by atoms with Crippen molar-refractivity contribution in [2.24, 2.45) is 10.7 Å². The van der Waals surface area contributed by atoms with E-state index in [0.717, 1.165) is 5.56 Å². The third-order valence-electron chi connectivity index (χ3n) is 3.90. The zero-order valence-electron chi connectivity index (χ0n) is 13.7. The minimum absolute atomic E-state index is 0.162. The van der Waals surface area contributed by atoms with Crippen LogP contribution in [0.3, 0.4) is 0 Å². The van der Waals surface area contributed by atoms with E-state index in [1.165, 1.54) is 6.08 Å². The van der Waals surface area contributed by atoms with Crippen molar-refractivity contribution in [3.05, 3.63) is 75.4 Å². The molecular formula is C19H16Cl2N4O. The van der Waals surface area contributed by atoms with E-state index in [-0.39, 0.29) is 5.78 Å². The Morgan fingerprint density at radius 3 is 2.19 bits per heavy atom. The van der Waals surface area contributed by atoms with Crippen molar-refractivity contribution in [1.82, 2.24) is 0 Å². The van der Waals surface area contributed by atoms with Gasteiger partial charge in [0.05, 0.1) is 38.5 Å². The van der Waals surface area contributed by atoms with Crippen LogP contribution in [0, 0.1) is 0 Å². The molecule has 132 valence electrons. The molecule has 1 aliphatic rings. The number of nitrogen functional groups attached to an aromatic ring is 2. The Bertz CT molecular complexity index is 993. The number of allylic oxidation sites excluding steroid dienone is 3. The Morgan fingerprint density at radius 1 is 0.885 bits per heavy atom. The van der Waals surface area contributed by atoms with Gasteiger partial charge in [-0.25, -0.2) is 4.99 Å². The molecule has 0 heterocycles. The Kier molecular flexibility index (Phi) is 5.02. The summed E-state index contributed by atoms with van der Waals surface area (Å²) in [7, 11) is 0. The van der Waals surface area contributed by atoms with Gasteiger partial charge in [-0.15, -0.1) is 0 Å². The largest absolute Gasteiger partial charge is 0.398 e. The SMILES string of the molecule is NC1=CC(=O)C(Cc2ccc(N)c(Cl)c2)=CC1=Nc1ccc(N)c(Cl)c1. The summed E-state index contributed by atoms with van der Waals surface area (Å²) in [6.45, 7) is 0. The third kappa shape index (κ3) is 3.90. The van der Waals surface area contributed by atoms with Crippen molar-refractivity contribution in [1.29, 1.82) is 0 Å². The van der Waals surface area contributed by atoms with Gasteiger partial charge in [0.25, 0.3) is 0 Å². The Hall–Kier alpha value is -2.76. The van der Waals surface area contributed by atoms with Gasteiger partial charge in [0.1, 0.15) is 0 Å². The standard InChI is InChI=1S/C19H16Cl2N4O/c20-13-6-10(1-3-15(13)22)5-11-7-18(17(24)9-19(11)26)25-12-2-4-16(23)14(21)8-12/h1-4,6-9H,5,22-24H2. The lowest BCUT2D eigenvalue weighted by atomic mass is 9.95. The number of anilines is 2. The van der Waals surface area contributed by atoms with Gasteiger partial charge in [-0.2, -0.15) is 0 Å². The van der Waals surface area contributed by atoms with Crippen LogP contribution in [0.1, 0.15) is 5.56 Å². The summed E-state index contributed by atoms with van der Waals surface area (Å²) in [5, 5.41) is 0.855. The van der Waals surface area contributed by atoms with Crippen LogP contribution in [0.5, 0.6) is 0 Å². The molecule has 5 nitrogen and oxygen atoms in total. The number of halogens is 2. The Morgan fingerprint density at radius 2 is 1.54 bits per heavy atom. The number of carbonyl (C=O) groups is 1. The number of carbonyl (C=O) groups excluding carboxylic acids is 1. The molecule has 26 heavy (non-hydrogen) atoms.